The predicted molar refractivity (Wildman–Crippen MR) is 142 cm³/mol. The highest BCUT2D eigenvalue weighted by molar-refractivity contribution is 5.70. The lowest BCUT2D eigenvalue weighted by Crippen LogP contribution is -2.25. The zero-order valence-electron chi connectivity index (χ0n) is 20.9. The minimum absolute atomic E-state index is 0.174. The summed E-state index contributed by atoms with van der Waals surface area (Å²) in [5.41, 5.74) is 5.92. The molecule has 0 saturated heterocycles. The number of methoxy groups -OCH3 is 1. The van der Waals surface area contributed by atoms with E-state index < -0.39 is 0 Å². The molecule has 1 aliphatic heterocycles. The molecular weight excluding hydrogens is 455 g/mol. The Morgan fingerprint density at radius 1 is 1.08 bits per heavy atom. The highest BCUT2D eigenvalue weighted by Crippen LogP contribution is 2.32. The van der Waals surface area contributed by atoms with Crippen LogP contribution in [0.5, 0.6) is 0 Å². The summed E-state index contributed by atoms with van der Waals surface area (Å²) in [5, 5.41) is 3.37. The van der Waals surface area contributed by atoms with E-state index in [1.54, 1.807) is 20.1 Å². The molecule has 4 rings (SSSR count). The fourth-order valence-corrected chi connectivity index (χ4v) is 4.54. The molecule has 0 aliphatic carbocycles. The van der Waals surface area contributed by atoms with Gasteiger partial charge in [0, 0.05) is 42.6 Å². The van der Waals surface area contributed by atoms with Gasteiger partial charge in [-0.15, -0.1) is 0 Å². The molecule has 36 heavy (non-hydrogen) atoms. The number of halogens is 1. The van der Waals surface area contributed by atoms with Crippen LogP contribution in [-0.4, -0.2) is 26.2 Å². The Labute approximate surface area is 212 Å². The number of ether oxygens (including phenoxy) is 2. The van der Waals surface area contributed by atoms with Gasteiger partial charge in [0.05, 0.1) is 13.7 Å². The average Bonchev–Trinajstić information content (AvgIpc) is 2.90. The number of anilines is 2. The Kier molecular flexibility index (Phi) is 8.61. The molecule has 0 atom stereocenters. The molecule has 0 aromatic heterocycles. The van der Waals surface area contributed by atoms with Crippen LogP contribution in [0, 0.1) is 5.82 Å². The first kappa shape index (κ1) is 25.3. The molecule has 0 fully saturated rings. The summed E-state index contributed by atoms with van der Waals surface area (Å²) in [5.74, 6) is 0.201. The molecule has 0 unspecified atom stereocenters. The number of nitrogens with one attached hydrogen (secondary N) is 1. The molecule has 0 amide bonds. The molecule has 0 saturated carbocycles. The van der Waals surface area contributed by atoms with Gasteiger partial charge < -0.3 is 19.7 Å². The van der Waals surface area contributed by atoms with E-state index in [0.29, 0.717) is 30.8 Å². The lowest BCUT2D eigenvalue weighted by Gasteiger charge is -2.30. The molecule has 3 aromatic carbocycles. The van der Waals surface area contributed by atoms with Crippen molar-refractivity contribution in [3.05, 3.63) is 101 Å². The SMILES string of the molecule is CCOC(=O)CCc1ccc(NCc2cccc3c2CCCN3/C=C(\OC)c2ccccc2)cc1F. The van der Waals surface area contributed by atoms with Crippen LogP contribution in [-0.2, 0) is 33.7 Å². The topological polar surface area (TPSA) is 50.8 Å². The van der Waals surface area contributed by atoms with Crippen molar-refractivity contribution in [2.45, 2.75) is 39.2 Å². The van der Waals surface area contributed by atoms with Gasteiger partial charge in [0.1, 0.15) is 11.6 Å². The molecule has 1 N–H and O–H groups in total. The van der Waals surface area contributed by atoms with E-state index in [0.717, 1.165) is 30.7 Å². The third-order valence-corrected chi connectivity index (χ3v) is 6.37. The number of aryl methyl sites for hydroxylation is 1. The number of hydrogen-bond acceptors (Lipinski definition) is 5. The number of carbonyl (C=O) groups is 1. The lowest BCUT2D eigenvalue weighted by atomic mass is 9.96. The fourth-order valence-electron chi connectivity index (χ4n) is 4.54. The summed E-state index contributed by atoms with van der Waals surface area (Å²) in [4.78, 5) is 13.8. The van der Waals surface area contributed by atoms with Gasteiger partial charge in [-0.3, -0.25) is 4.79 Å². The summed E-state index contributed by atoms with van der Waals surface area (Å²) in [6.45, 7) is 3.61. The first-order chi connectivity index (χ1) is 17.6. The van der Waals surface area contributed by atoms with Gasteiger partial charge in [0.25, 0.3) is 0 Å². The van der Waals surface area contributed by atoms with E-state index in [1.807, 2.05) is 36.4 Å². The van der Waals surface area contributed by atoms with Gasteiger partial charge in [-0.2, -0.15) is 0 Å². The highest BCUT2D eigenvalue weighted by atomic mass is 19.1. The summed E-state index contributed by atoms with van der Waals surface area (Å²) >= 11 is 0. The first-order valence-electron chi connectivity index (χ1n) is 12.5. The smallest absolute Gasteiger partial charge is 0.306 e. The van der Waals surface area contributed by atoms with Crippen molar-refractivity contribution in [1.82, 2.24) is 0 Å². The van der Waals surface area contributed by atoms with Crippen LogP contribution in [0.4, 0.5) is 15.8 Å². The van der Waals surface area contributed by atoms with Crippen molar-refractivity contribution >= 4 is 23.1 Å². The van der Waals surface area contributed by atoms with Crippen molar-refractivity contribution in [1.29, 1.82) is 0 Å². The number of benzene rings is 3. The van der Waals surface area contributed by atoms with E-state index >= 15 is 0 Å². The molecule has 3 aromatic rings. The molecule has 6 heteroatoms. The van der Waals surface area contributed by atoms with Crippen molar-refractivity contribution in [2.75, 3.05) is 30.5 Å². The quantitative estimate of drug-likeness (QED) is 0.267. The van der Waals surface area contributed by atoms with Crippen LogP contribution >= 0.6 is 0 Å². The Hall–Kier alpha value is -3.80. The summed E-state index contributed by atoms with van der Waals surface area (Å²) in [7, 11) is 1.70. The Bertz CT molecular complexity index is 1210. The second kappa shape index (κ2) is 12.2. The largest absolute Gasteiger partial charge is 0.495 e. The van der Waals surface area contributed by atoms with Gasteiger partial charge >= 0.3 is 5.97 Å². The standard InChI is InChI=1S/C30H33FN2O3/c1-3-36-30(34)17-15-22-14-16-25(19-27(22)31)32-20-24-11-7-13-28-26(24)12-8-18-33(28)21-29(35-2)23-9-5-4-6-10-23/h4-7,9-11,13-14,16,19,21,32H,3,8,12,15,17-18,20H2,1-2H3/b29-21-. The van der Waals surface area contributed by atoms with Gasteiger partial charge in [-0.05, 0) is 61.1 Å². The van der Waals surface area contributed by atoms with E-state index in [4.69, 9.17) is 9.47 Å². The van der Waals surface area contributed by atoms with Crippen LogP contribution in [0.3, 0.4) is 0 Å². The van der Waals surface area contributed by atoms with Crippen molar-refractivity contribution in [3.63, 3.8) is 0 Å². The summed E-state index contributed by atoms with van der Waals surface area (Å²) in [6, 6.07) is 21.5. The fraction of sp³-hybridized carbons (Fsp3) is 0.300. The zero-order valence-corrected chi connectivity index (χ0v) is 20.9. The van der Waals surface area contributed by atoms with Gasteiger partial charge in [-0.1, -0.05) is 48.5 Å². The summed E-state index contributed by atoms with van der Waals surface area (Å²) in [6.07, 6.45) is 4.61. The lowest BCUT2D eigenvalue weighted by molar-refractivity contribution is -0.143. The van der Waals surface area contributed by atoms with Crippen LogP contribution in [0.25, 0.3) is 5.76 Å². The Balaban J connectivity index is 1.46. The van der Waals surface area contributed by atoms with Crippen molar-refractivity contribution in [2.24, 2.45) is 0 Å². The van der Waals surface area contributed by atoms with Gasteiger partial charge in [0.2, 0.25) is 0 Å². The van der Waals surface area contributed by atoms with Crippen molar-refractivity contribution in [3.8, 4) is 0 Å². The van der Waals surface area contributed by atoms with Crippen LogP contribution in [0.15, 0.2) is 72.9 Å². The number of carbonyl (C=O) groups excluding carboxylic acids is 1. The molecule has 188 valence electrons. The Morgan fingerprint density at radius 2 is 1.92 bits per heavy atom. The maximum absolute atomic E-state index is 14.6. The van der Waals surface area contributed by atoms with Gasteiger partial charge in [-0.25, -0.2) is 4.39 Å². The van der Waals surface area contributed by atoms with E-state index in [9.17, 15) is 9.18 Å². The average molecular weight is 489 g/mol. The van der Waals surface area contributed by atoms with Crippen molar-refractivity contribution < 1.29 is 18.7 Å². The molecule has 0 bridgehead atoms. The third-order valence-electron chi connectivity index (χ3n) is 6.37. The monoisotopic (exact) mass is 488 g/mol. The molecule has 5 nitrogen and oxygen atoms in total. The number of hydrogen-bond donors (Lipinski definition) is 1. The van der Waals surface area contributed by atoms with E-state index in [-0.39, 0.29) is 18.2 Å². The zero-order chi connectivity index (χ0) is 25.3. The second-order valence-corrected chi connectivity index (χ2v) is 8.74. The second-order valence-electron chi connectivity index (χ2n) is 8.74. The van der Waals surface area contributed by atoms with E-state index in [2.05, 4.69) is 34.6 Å². The van der Waals surface area contributed by atoms with Gasteiger partial charge in [0.15, 0.2) is 0 Å². The number of fused-ring (bicyclic) bond motifs is 1. The third kappa shape index (κ3) is 6.25. The van der Waals surface area contributed by atoms with Crippen LogP contribution in [0.2, 0.25) is 0 Å². The molecule has 0 spiro atoms. The van der Waals surface area contributed by atoms with Crippen LogP contribution in [0.1, 0.15) is 42.0 Å². The molecule has 0 radical (unpaired) electrons. The Morgan fingerprint density at radius 3 is 2.67 bits per heavy atom. The normalized spacial score (nSPS) is 13.2. The molecule has 1 heterocycles. The number of rotatable bonds is 10. The minimum Gasteiger partial charge on any atom is -0.495 e. The molecule has 1 aliphatic rings. The predicted octanol–water partition coefficient (Wildman–Crippen LogP) is 6.33. The minimum atomic E-state index is -0.316. The first-order valence-corrected chi connectivity index (χ1v) is 12.5. The summed E-state index contributed by atoms with van der Waals surface area (Å²) < 4.78 is 25.2. The number of esters is 1. The highest BCUT2D eigenvalue weighted by Gasteiger charge is 2.19. The number of nitrogens with zero attached hydrogens (tertiary/aromatic N) is 1. The molecular formula is C30H33FN2O3. The maximum Gasteiger partial charge on any atom is 0.306 e. The van der Waals surface area contributed by atoms with E-state index in [1.165, 1.54) is 22.9 Å². The van der Waals surface area contributed by atoms with Crippen LogP contribution < -0.4 is 10.2 Å². The maximum atomic E-state index is 14.6.